The molecule has 1 aliphatic heterocycles. The van der Waals surface area contributed by atoms with Crippen LogP contribution in [0, 0.1) is 11.8 Å². The van der Waals surface area contributed by atoms with Crippen molar-refractivity contribution in [2.24, 2.45) is 17.6 Å². The first kappa shape index (κ1) is 14.5. The standard InChI is InChI=1S/C12H21N3O.ClH/c1-2-5-14-12(16)8-15-6-9-3-4-11(13)10(9)7-15;/h2,9-11H,1,3-8,13H2,(H,14,16);1H. The minimum atomic E-state index is 0. The number of carbonyl (C=O) groups is 1. The monoisotopic (exact) mass is 259 g/mol. The molecule has 2 aliphatic rings. The van der Waals surface area contributed by atoms with Crippen LogP contribution in [-0.2, 0) is 4.79 Å². The van der Waals surface area contributed by atoms with Gasteiger partial charge >= 0.3 is 0 Å². The molecule has 1 saturated heterocycles. The van der Waals surface area contributed by atoms with Gasteiger partial charge in [0.25, 0.3) is 0 Å². The van der Waals surface area contributed by atoms with E-state index in [-0.39, 0.29) is 18.3 Å². The summed E-state index contributed by atoms with van der Waals surface area (Å²) < 4.78 is 0. The largest absolute Gasteiger partial charge is 0.352 e. The van der Waals surface area contributed by atoms with Crippen LogP contribution in [0.4, 0.5) is 0 Å². The number of nitrogens with zero attached hydrogens (tertiary/aromatic N) is 1. The van der Waals surface area contributed by atoms with E-state index in [0.717, 1.165) is 25.4 Å². The topological polar surface area (TPSA) is 58.4 Å². The number of nitrogens with one attached hydrogen (secondary N) is 1. The van der Waals surface area contributed by atoms with Crippen molar-refractivity contribution in [2.75, 3.05) is 26.2 Å². The molecule has 0 bridgehead atoms. The molecule has 0 radical (unpaired) electrons. The normalized spacial score (nSPS) is 31.7. The second kappa shape index (κ2) is 6.38. The van der Waals surface area contributed by atoms with Gasteiger partial charge in [0.1, 0.15) is 0 Å². The van der Waals surface area contributed by atoms with Crippen molar-refractivity contribution in [1.29, 1.82) is 0 Å². The molecule has 2 rings (SSSR count). The van der Waals surface area contributed by atoms with Crippen LogP contribution in [0.3, 0.4) is 0 Å². The zero-order valence-corrected chi connectivity index (χ0v) is 10.9. The second-order valence-electron chi connectivity index (χ2n) is 4.95. The van der Waals surface area contributed by atoms with Gasteiger partial charge in [0.05, 0.1) is 6.54 Å². The number of hydrogen-bond acceptors (Lipinski definition) is 3. The molecule has 3 atom stereocenters. The summed E-state index contributed by atoms with van der Waals surface area (Å²) in [7, 11) is 0. The van der Waals surface area contributed by atoms with E-state index in [1.54, 1.807) is 6.08 Å². The van der Waals surface area contributed by atoms with Crippen LogP contribution < -0.4 is 11.1 Å². The number of rotatable bonds is 4. The molecule has 1 amide bonds. The first-order valence-corrected chi connectivity index (χ1v) is 6.06. The Balaban J connectivity index is 0.00000144. The van der Waals surface area contributed by atoms with Gasteiger partial charge in [-0.15, -0.1) is 19.0 Å². The summed E-state index contributed by atoms with van der Waals surface area (Å²) in [6.07, 6.45) is 4.09. The number of fused-ring (bicyclic) bond motifs is 1. The molecule has 1 aliphatic carbocycles. The predicted molar refractivity (Wildman–Crippen MR) is 71.1 cm³/mol. The number of hydrogen-bond donors (Lipinski definition) is 2. The summed E-state index contributed by atoms with van der Waals surface area (Å²) in [5.74, 6) is 1.43. The van der Waals surface area contributed by atoms with Crippen molar-refractivity contribution < 1.29 is 4.79 Å². The highest BCUT2D eigenvalue weighted by atomic mass is 35.5. The maximum absolute atomic E-state index is 11.5. The summed E-state index contributed by atoms with van der Waals surface area (Å²) in [5.41, 5.74) is 6.05. The Bertz CT molecular complexity index is 285. The zero-order valence-electron chi connectivity index (χ0n) is 10.1. The third-order valence-electron chi connectivity index (χ3n) is 3.80. The molecule has 17 heavy (non-hydrogen) atoms. The molecule has 1 saturated carbocycles. The predicted octanol–water partition coefficient (Wildman–Crippen LogP) is 0.379. The molecule has 0 aromatic rings. The molecule has 4 nitrogen and oxygen atoms in total. The van der Waals surface area contributed by atoms with Gasteiger partial charge in [0.15, 0.2) is 0 Å². The van der Waals surface area contributed by atoms with Gasteiger partial charge in [0, 0.05) is 25.7 Å². The van der Waals surface area contributed by atoms with Crippen molar-refractivity contribution in [1.82, 2.24) is 10.2 Å². The summed E-state index contributed by atoms with van der Waals surface area (Å²) in [6.45, 7) is 6.67. The third kappa shape index (κ3) is 3.44. The Morgan fingerprint density at radius 2 is 2.24 bits per heavy atom. The molecule has 98 valence electrons. The van der Waals surface area contributed by atoms with E-state index in [0.29, 0.717) is 25.0 Å². The van der Waals surface area contributed by atoms with Crippen LogP contribution in [0.5, 0.6) is 0 Å². The van der Waals surface area contributed by atoms with Crippen LogP contribution in [0.1, 0.15) is 12.8 Å². The summed E-state index contributed by atoms with van der Waals surface area (Å²) in [6, 6.07) is 0.353. The molecule has 1 heterocycles. The van der Waals surface area contributed by atoms with Gasteiger partial charge in [-0.2, -0.15) is 0 Å². The van der Waals surface area contributed by atoms with E-state index in [9.17, 15) is 4.79 Å². The maximum Gasteiger partial charge on any atom is 0.234 e. The SMILES string of the molecule is C=CCNC(=O)CN1CC2CCC(N)C2C1.Cl. The van der Waals surface area contributed by atoms with E-state index in [4.69, 9.17) is 5.73 Å². The summed E-state index contributed by atoms with van der Waals surface area (Å²) >= 11 is 0. The van der Waals surface area contributed by atoms with Crippen LogP contribution in [0.25, 0.3) is 0 Å². The smallest absolute Gasteiger partial charge is 0.234 e. The molecular weight excluding hydrogens is 238 g/mol. The highest BCUT2D eigenvalue weighted by Crippen LogP contribution is 2.36. The van der Waals surface area contributed by atoms with E-state index < -0.39 is 0 Å². The Kier molecular flexibility index (Phi) is 5.43. The summed E-state index contributed by atoms with van der Waals surface area (Å²) in [5, 5.41) is 2.81. The average Bonchev–Trinajstić information content (AvgIpc) is 2.78. The fraction of sp³-hybridized carbons (Fsp3) is 0.750. The lowest BCUT2D eigenvalue weighted by molar-refractivity contribution is -0.121. The van der Waals surface area contributed by atoms with Gasteiger partial charge < -0.3 is 11.1 Å². The van der Waals surface area contributed by atoms with Crippen LogP contribution in [0.2, 0.25) is 0 Å². The molecule has 3 unspecified atom stereocenters. The molecular formula is C12H22ClN3O. The maximum atomic E-state index is 11.5. The highest BCUT2D eigenvalue weighted by molar-refractivity contribution is 5.85. The van der Waals surface area contributed by atoms with Crippen molar-refractivity contribution in [2.45, 2.75) is 18.9 Å². The average molecular weight is 260 g/mol. The lowest BCUT2D eigenvalue weighted by atomic mass is 9.98. The van der Waals surface area contributed by atoms with Gasteiger partial charge in [0.2, 0.25) is 5.91 Å². The van der Waals surface area contributed by atoms with Gasteiger partial charge in [-0.3, -0.25) is 9.69 Å². The Labute approximate surface area is 109 Å². The molecule has 0 aromatic heterocycles. The lowest BCUT2D eigenvalue weighted by Gasteiger charge is -2.17. The van der Waals surface area contributed by atoms with Crippen molar-refractivity contribution in [3.8, 4) is 0 Å². The van der Waals surface area contributed by atoms with Crippen molar-refractivity contribution in [3.63, 3.8) is 0 Å². The van der Waals surface area contributed by atoms with Crippen LogP contribution in [-0.4, -0.2) is 43.0 Å². The first-order chi connectivity index (χ1) is 7.70. The first-order valence-electron chi connectivity index (χ1n) is 6.06. The fourth-order valence-corrected chi connectivity index (χ4v) is 2.97. The molecule has 2 fully saturated rings. The number of carbonyl (C=O) groups excluding carboxylic acids is 1. The minimum absolute atomic E-state index is 0. The quantitative estimate of drug-likeness (QED) is 0.718. The Hall–Kier alpha value is -0.580. The number of nitrogens with two attached hydrogens (primary N) is 1. The van der Waals surface area contributed by atoms with E-state index in [1.807, 2.05) is 0 Å². The molecule has 3 N–H and O–H groups in total. The number of halogens is 1. The van der Waals surface area contributed by atoms with Gasteiger partial charge in [-0.25, -0.2) is 0 Å². The van der Waals surface area contributed by atoms with Gasteiger partial charge in [-0.1, -0.05) is 6.08 Å². The van der Waals surface area contributed by atoms with Crippen molar-refractivity contribution >= 4 is 18.3 Å². The van der Waals surface area contributed by atoms with Crippen molar-refractivity contribution in [3.05, 3.63) is 12.7 Å². The molecule has 5 heteroatoms. The lowest BCUT2D eigenvalue weighted by Crippen LogP contribution is -2.37. The number of amides is 1. The van der Waals surface area contributed by atoms with Crippen LogP contribution in [0.15, 0.2) is 12.7 Å². The van der Waals surface area contributed by atoms with E-state index in [2.05, 4.69) is 16.8 Å². The molecule has 0 spiro atoms. The zero-order chi connectivity index (χ0) is 11.5. The molecule has 0 aromatic carbocycles. The fourth-order valence-electron chi connectivity index (χ4n) is 2.97. The highest BCUT2D eigenvalue weighted by Gasteiger charge is 2.41. The third-order valence-corrected chi connectivity index (χ3v) is 3.80. The minimum Gasteiger partial charge on any atom is -0.352 e. The Morgan fingerprint density at radius 1 is 1.47 bits per heavy atom. The Morgan fingerprint density at radius 3 is 2.88 bits per heavy atom. The van der Waals surface area contributed by atoms with Gasteiger partial charge in [-0.05, 0) is 24.7 Å². The second-order valence-corrected chi connectivity index (χ2v) is 4.95. The van der Waals surface area contributed by atoms with E-state index in [1.165, 1.54) is 6.42 Å². The summed E-state index contributed by atoms with van der Waals surface area (Å²) in [4.78, 5) is 13.8. The number of likely N-dealkylation sites (tertiary alicyclic amines) is 1. The van der Waals surface area contributed by atoms with E-state index >= 15 is 0 Å². The van der Waals surface area contributed by atoms with Crippen LogP contribution >= 0.6 is 12.4 Å².